The highest BCUT2D eigenvalue weighted by molar-refractivity contribution is 5.82. The Morgan fingerprint density at radius 3 is 2.50 bits per heavy atom. The molecule has 20 heavy (non-hydrogen) atoms. The van der Waals surface area contributed by atoms with Crippen molar-refractivity contribution in [2.75, 3.05) is 13.2 Å². The normalized spacial score (nSPS) is 13.8. The Morgan fingerprint density at radius 2 is 1.90 bits per heavy atom. The molecule has 0 amide bonds. The summed E-state index contributed by atoms with van der Waals surface area (Å²) >= 11 is 0. The lowest BCUT2D eigenvalue weighted by Gasteiger charge is -2.29. The lowest BCUT2D eigenvalue weighted by Crippen LogP contribution is -2.49. The van der Waals surface area contributed by atoms with Crippen LogP contribution in [-0.2, 0) is 6.42 Å². The number of aliphatic hydroxyl groups excluding tert-OH is 2. The molecule has 1 aromatic heterocycles. The van der Waals surface area contributed by atoms with Crippen molar-refractivity contribution in [3.8, 4) is 0 Å². The van der Waals surface area contributed by atoms with Gasteiger partial charge in [0.1, 0.15) is 11.3 Å². The van der Waals surface area contributed by atoms with Crippen molar-refractivity contribution in [3.63, 3.8) is 0 Å². The van der Waals surface area contributed by atoms with Crippen molar-refractivity contribution >= 4 is 11.0 Å². The molecule has 1 atom stereocenters. The number of benzene rings is 1. The molecule has 4 heteroatoms. The molecule has 0 saturated heterocycles. The van der Waals surface area contributed by atoms with Gasteiger partial charge in [-0.25, -0.2) is 0 Å². The van der Waals surface area contributed by atoms with Crippen molar-refractivity contribution in [2.24, 2.45) is 0 Å². The summed E-state index contributed by atoms with van der Waals surface area (Å²) in [6, 6.07) is 7.90. The highest BCUT2D eigenvalue weighted by Gasteiger charge is 2.27. The molecule has 0 aliphatic carbocycles. The third-order valence-corrected chi connectivity index (χ3v) is 3.74. The van der Waals surface area contributed by atoms with Crippen LogP contribution in [-0.4, -0.2) is 29.0 Å². The number of nitrogens with one attached hydrogen (secondary N) is 1. The van der Waals surface area contributed by atoms with E-state index in [1.54, 1.807) is 6.92 Å². The molecule has 110 valence electrons. The molecule has 0 spiro atoms. The Labute approximate surface area is 119 Å². The van der Waals surface area contributed by atoms with E-state index in [0.717, 1.165) is 23.2 Å². The van der Waals surface area contributed by atoms with Crippen molar-refractivity contribution < 1.29 is 14.6 Å². The Morgan fingerprint density at radius 1 is 1.25 bits per heavy atom. The van der Waals surface area contributed by atoms with E-state index in [9.17, 15) is 10.2 Å². The third-order valence-electron chi connectivity index (χ3n) is 3.74. The lowest BCUT2D eigenvalue weighted by molar-refractivity contribution is 0.0933. The van der Waals surface area contributed by atoms with Gasteiger partial charge >= 0.3 is 0 Å². The van der Waals surface area contributed by atoms with E-state index in [4.69, 9.17) is 4.42 Å². The van der Waals surface area contributed by atoms with E-state index in [-0.39, 0.29) is 19.3 Å². The van der Waals surface area contributed by atoms with Gasteiger partial charge in [-0.15, -0.1) is 0 Å². The molecular weight excluding hydrogens is 254 g/mol. The molecule has 2 rings (SSSR count). The van der Waals surface area contributed by atoms with E-state index in [0.29, 0.717) is 0 Å². The van der Waals surface area contributed by atoms with Gasteiger partial charge in [-0.2, -0.15) is 0 Å². The van der Waals surface area contributed by atoms with Crippen LogP contribution in [0.2, 0.25) is 0 Å². The fourth-order valence-electron chi connectivity index (χ4n) is 2.56. The van der Waals surface area contributed by atoms with Crippen LogP contribution in [0.4, 0.5) is 0 Å². The topological polar surface area (TPSA) is 65.6 Å². The molecule has 0 aliphatic rings. The predicted octanol–water partition coefficient (Wildman–Crippen LogP) is 2.39. The summed E-state index contributed by atoms with van der Waals surface area (Å²) in [6.07, 6.45) is 0.882. The zero-order chi connectivity index (χ0) is 14.8. The minimum Gasteiger partial charge on any atom is -0.459 e. The van der Waals surface area contributed by atoms with E-state index >= 15 is 0 Å². The Kier molecular flexibility index (Phi) is 4.48. The Bertz CT molecular complexity index is 572. The number of fused-ring (bicyclic) bond motifs is 1. The molecule has 1 heterocycles. The van der Waals surface area contributed by atoms with Crippen LogP contribution in [0.3, 0.4) is 0 Å². The van der Waals surface area contributed by atoms with Gasteiger partial charge in [0.05, 0.1) is 24.8 Å². The highest BCUT2D eigenvalue weighted by Crippen LogP contribution is 2.31. The van der Waals surface area contributed by atoms with Crippen molar-refractivity contribution in [1.82, 2.24) is 5.32 Å². The van der Waals surface area contributed by atoms with Gasteiger partial charge < -0.3 is 14.6 Å². The van der Waals surface area contributed by atoms with Gasteiger partial charge in [-0.1, -0.05) is 25.1 Å². The number of hydrogen-bond acceptors (Lipinski definition) is 4. The van der Waals surface area contributed by atoms with Crippen molar-refractivity contribution in [3.05, 3.63) is 35.6 Å². The summed E-state index contributed by atoms with van der Waals surface area (Å²) in [6.45, 7) is 5.62. The number of para-hydroxylation sites is 1. The summed E-state index contributed by atoms with van der Waals surface area (Å²) in [5, 5.41) is 23.2. The van der Waals surface area contributed by atoms with E-state index in [1.807, 2.05) is 25.1 Å². The quantitative estimate of drug-likeness (QED) is 0.758. The number of aliphatic hydroxyl groups is 2. The minimum absolute atomic E-state index is 0.0818. The molecule has 0 radical (unpaired) electrons. The van der Waals surface area contributed by atoms with E-state index in [1.165, 1.54) is 5.56 Å². The molecule has 4 nitrogen and oxygen atoms in total. The summed E-state index contributed by atoms with van der Waals surface area (Å²) in [7, 11) is 0. The van der Waals surface area contributed by atoms with Crippen LogP contribution < -0.4 is 5.32 Å². The van der Waals surface area contributed by atoms with Gasteiger partial charge in [-0.3, -0.25) is 5.32 Å². The number of furan rings is 1. The Balaban J connectivity index is 2.37. The first kappa shape index (κ1) is 15.0. The highest BCUT2D eigenvalue weighted by atomic mass is 16.3. The van der Waals surface area contributed by atoms with Crippen molar-refractivity contribution in [2.45, 2.75) is 38.8 Å². The van der Waals surface area contributed by atoms with Crippen LogP contribution in [0, 0.1) is 0 Å². The Hall–Kier alpha value is -1.36. The van der Waals surface area contributed by atoms with E-state index < -0.39 is 5.54 Å². The largest absolute Gasteiger partial charge is 0.459 e. The van der Waals surface area contributed by atoms with Crippen LogP contribution in [0.5, 0.6) is 0 Å². The monoisotopic (exact) mass is 277 g/mol. The number of rotatable bonds is 6. The van der Waals surface area contributed by atoms with Crippen LogP contribution in [0.25, 0.3) is 11.0 Å². The smallest absolute Gasteiger partial charge is 0.134 e. The van der Waals surface area contributed by atoms with Gasteiger partial charge in [-0.05, 0) is 26.3 Å². The first-order valence-corrected chi connectivity index (χ1v) is 7.04. The van der Waals surface area contributed by atoms with Gasteiger partial charge in [0, 0.05) is 10.9 Å². The molecule has 1 aromatic carbocycles. The molecule has 3 N–H and O–H groups in total. The SMILES string of the molecule is CCc1c(C(C)NC(C)(CO)CO)oc2ccccc12. The first-order valence-electron chi connectivity index (χ1n) is 7.04. The summed E-state index contributed by atoms with van der Waals surface area (Å²) in [5.41, 5.74) is 1.34. The maximum Gasteiger partial charge on any atom is 0.134 e. The number of aryl methyl sites for hydroxylation is 1. The molecule has 0 aliphatic heterocycles. The first-order chi connectivity index (χ1) is 9.54. The molecule has 2 aromatic rings. The molecule has 0 bridgehead atoms. The number of hydrogen-bond donors (Lipinski definition) is 3. The standard InChI is InChI=1S/C16H23NO3/c1-4-12-13-7-5-6-8-14(13)20-15(12)11(2)17-16(3,9-18)10-19/h5-8,11,17-19H,4,9-10H2,1-3H3. The second-order valence-electron chi connectivity index (χ2n) is 5.54. The molecule has 0 fully saturated rings. The van der Waals surface area contributed by atoms with Crippen molar-refractivity contribution in [1.29, 1.82) is 0 Å². The van der Waals surface area contributed by atoms with Crippen LogP contribution in [0.1, 0.15) is 38.1 Å². The molecule has 0 saturated carbocycles. The van der Waals surface area contributed by atoms with Gasteiger partial charge in [0.15, 0.2) is 0 Å². The average molecular weight is 277 g/mol. The maximum absolute atomic E-state index is 9.39. The summed E-state index contributed by atoms with van der Waals surface area (Å²) < 4.78 is 5.96. The zero-order valence-electron chi connectivity index (χ0n) is 12.3. The summed E-state index contributed by atoms with van der Waals surface area (Å²) in [5.74, 6) is 0.877. The average Bonchev–Trinajstić information content (AvgIpc) is 2.85. The fourth-order valence-corrected chi connectivity index (χ4v) is 2.56. The minimum atomic E-state index is -0.719. The second-order valence-corrected chi connectivity index (χ2v) is 5.54. The van der Waals surface area contributed by atoms with Gasteiger partial charge in [0.25, 0.3) is 0 Å². The lowest BCUT2D eigenvalue weighted by atomic mass is 10.0. The van der Waals surface area contributed by atoms with Crippen LogP contribution in [0.15, 0.2) is 28.7 Å². The fraction of sp³-hybridized carbons (Fsp3) is 0.500. The van der Waals surface area contributed by atoms with E-state index in [2.05, 4.69) is 18.3 Å². The zero-order valence-corrected chi connectivity index (χ0v) is 12.3. The van der Waals surface area contributed by atoms with Gasteiger partial charge in [0.2, 0.25) is 0 Å². The molecule has 1 unspecified atom stereocenters. The predicted molar refractivity (Wildman–Crippen MR) is 79.7 cm³/mol. The second kappa shape index (κ2) is 5.95. The molecular formula is C16H23NO3. The third kappa shape index (κ3) is 2.73. The summed E-state index contributed by atoms with van der Waals surface area (Å²) in [4.78, 5) is 0. The van der Waals surface area contributed by atoms with Crippen LogP contribution >= 0.6 is 0 Å². The maximum atomic E-state index is 9.39.